The SMILES string of the molecule is COc1c(O)cc(C(C)(C)C)cc1CNO. The van der Waals surface area contributed by atoms with Crippen molar-refractivity contribution >= 4 is 0 Å². The zero-order valence-corrected chi connectivity index (χ0v) is 10.2. The fourth-order valence-electron chi connectivity index (χ4n) is 1.56. The molecule has 0 heterocycles. The van der Waals surface area contributed by atoms with Crippen molar-refractivity contribution in [2.45, 2.75) is 32.7 Å². The van der Waals surface area contributed by atoms with Crippen LogP contribution in [0, 0.1) is 0 Å². The van der Waals surface area contributed by atoms with Crippen molar-refractivity contribution in [1.82, 2.24) is 5.48 Å². The summed E-state index contributed by atoms with van der Waals surface area (Å²) in [4.78, 5) is 0. The van der Waals surface area contributed by atoms with Crippen LogP contribution >= 0.6 is 0 Å². The highest BCUT2D eigenvalue weighted by molar-refractivity contribution is 5.50. The molecule has 0 aromatic heterocycles. The van der Waals surface area contributed by atoms with Gasteiger partial charge in [0.15, 0.2) is 11.5 Å². The standard InChI is InChI=1S/C12H19NO3/c1-12(2,3)9-5-8(7-13-15)11(16-4)10(14)6-9/h5-6,13-15H,7H2,1-4H3. The summed E-state index contributed by atoms with van der Waals surface area (Å²) in [7, 11) is 1.49. The van der Waals surface area contributed by atoms with E-state index in [9.17, 15) is 5.11 Å². The maximum Gasteiger partial charge on any atom is 0.165 e. The molecule has 0 aliphatic carbocycles. The Labute approximate surface area is 95.8 Å². The minimum Gasteiger partial charge on any atom is -0.504 e. The number of ether oxygens (including phenoxy) is 1. The normalized spacial score (nSPS) is 11.6. The lowest BCUT2D eigenvalue weighted by Gasteiger charge is -2.21. The van der Waals surface area contributed by atoms with Gasteiger partial charge in [-0.25, -0.2) is 5.48 Å². The molecule has 1 aromatic rings. The molecular formula is C12H19NO3. The van der Waals surface area contributed by atoms with Crippen molar-refractivity contribution in [3.63, 3.8) is 0 Å². The fourth-order valence-corrected chi connectivity index (χ4v) is 1.56. The van der Waals surface area contributed by atoms with Crippen LogP contribution in [-0.4, -0.2) is 17.4 Å². The number of hydrogen-bond acceptors (Lipinski definition) is 4. The Kier molecular flexibility index (Phi) is 3.78. The number of phenols is 1. The van der Waals surface area contributed by atoms with Gasteiger partial charge in [-0.05, 0) is 23.1 Å². The number of phenolic OH excluding ortho intramolecular Hbond substituents is 1. The van der Waals surface area contributed by atoms with E-state index in [1.54, 1.807) is 6.07 Å². The molecule has 16 heavy (non-hydrogen) atoms. The van der Waals surface area contributed by atoms with E-state index in [4.69, 9.17) is 9.94 Å². The number of aromatic hydroxyl groups is 1. The van der Waals surface area contributed by atoms with Crippen molar-refractivity contribution in [2.75, 3.05) is 7.11 Å². The van der Waals surface area contributed by atoms with Crippen molar-refractivity contribution in [2.24, 2.45) is 0 Å². The lowest BCUT2D eigenvalue weighted by Crippen LogP contribution is -2.14. The van der Waals surface area contributed by atoms with Gasteiger partial charge < -0.3 is 15.1 Å². The second-order valence-electron chi connectivity index (χ2n) is 4.77. The van der Waals surface area contributed by atoms with Crippen LogP contribution in [0.3, 0.4) is 0 Å². The van der Waals surface area contributed by atoms with E-state index in [1.165, 1.54) is 7.11 Å². The monoisotopic (exact) mass is 225 g/mol. The molecule has 0 bridgehead atoms. The average molecular weight is 225 g/mol. The number of hydrogen-bond donors (Lipinski definition) is 3. The van der Waals surface area contributed by atoms with Crippen molar-refractivity contribution < 1.29 is 15.1 Å². The highest BCUT2D eigenvalue weighted by atomic mass is 16.5. The molecule has 1 aromatic carbocycles. The first-order valence-corrected chi connectivity index (χ1v) is 5.17. The summed E-state index contributed by atoms with van der Waals surface area (Å²) in [6, 6.07) is 3.61. The topological polar surface area (TPSA) is 61.7 Å². The molecule has 3 N–H and O–H groups in total. The fraction of sp³-hybridized carbons (Fsp3) is 0.500. The summed E-state index contributed by atoms with van der Waals surface area (Å²) in [5.74, 6) is 0.495. The molecule has 90 valence electrons. The quantitative estimate of drug-likeness (QED) is 0.690. The Morgan fingerprint density at radius 3 is 2.38 bits per heavy atom. The molecule has 0 saturated carbocycles. The van der Waals surface area contributed by atoms with Crippen LogP contribution in [0.1, 0.15) is 31.9 Å². The third kappa shape index (κ3) is 2.65. The summed E-state index contributed by atoms with van der Waals surface area (Å²) in [6.07, 6.45) is 0. The summed E-state index contributed by atoms with van der Waals surface area (Å²) in [5, 5.41) is 18.6. The lowest BCUT2D eigenvalue weighted by atomic mass is 9.85. The molecular weight excluding hydrogens is 206 g/mol. The lowest BCUT2D eigenvalue weighted by molar-refractivity contribution is 0.160. The third-order valence-corrected chi connectivity index (χ3v) is 2.49. The van der Waals surface area contributed by atoms with Crippen LogP contribution in [0.4, 0.5) is 0 Å². The largest absolute Gasteiger partial charge is 0.504 e. The predicted octanol–water partition coefficient (Wildman–Crippen LogP) is 2.18. The number of rotatable bonds is 3. The predicted molar refractivity (Wildman–Crippen MR) is 62.0 cm³/mol. The summed E-state index contributed by atoms with van der Waals surface area (Å²) < 4.78 is 5.10. The van der Waals surface area contributed by atoms with Crippen molar-refractivity contribution in [3.8, 4) is 11.5 Å². The van der Waals surface area contributed by atoms with Crippen LogP contribution in [0.25, 0.3) is 0 Å². The van der Waals surface area contributed by atoms with E-state index in [0.29, 0.717) is 5.75 Å². The van der Waals surface area contributed by atoms with Gasteiger partial charge in [-0.2, -0.15) is 0 Å². The van der Waals surface area contributed by atoms with Gasteiger partial charge in [-0.1, -0.05) is 20.8 Å². The maximum absolute atomic E-state index is 9.83. The Bertz CT molecular complexity index is 369. The van der Waals surface area contributed by atoms with Gasteiger partial charge in [0.05, 0.1) is 7.11 Å². The highest BCUT2D eigenvalue weighted by Gasteiger charge is 2.18. The Morgan fingerprint density at radius 1 is 1.31 bits per heavy atom. The van der Waals surface area contributed by atoms with Crippen LogP contribution in [-0.2, 0) is 12.0 Å². The van der Waals surface area contributed by atoms with Crippen LogP contribution < -0.4 is 10.2 Å². The molecule has 0 aliphatic rings. The van der Waals surface area contributed by atoms with Gasteiger partial charge in [-0.3, -0.25) is 0 Å². The third-order valence-electron chi connectivity index (χ3n) is 2.49. The van der Waals surface area contributed by atoms with Gasteiger partial charge in [0, 0.05) is 12.1 Å². The average Bonchev–Trinajstić information content (AvgIpc) is 2.16. The smallest absolute Gasteiger partial charge is 0.165 e. The van der Waals surface area contributed by atoms with Crippen LogP contribution in [0.2, 0.25) is 0 Å². The summed E-state index contributed by atoms with van der Waals surface area (Å²) in [5.41, 5.74) is 3.74. The molecule has 0 aliphatic heterocycles. The minimum absolute atomic E-state index is 0.0616. The van der Waals surface area contributed by atoms with Gasteiger partial charge >= 0.3 is 0 Å². The first-order valence-electron chi connectivity index (χ1n) is 5.17. The Morgan fingerprint density at radius 2 is 1.94 bits per heavy atom. The first kappa shape index (κ1) is 12.8. The van der Waals surface area contributed by atoms with Gasteiger partial charge in [0.2, 0.25) is 0 Å². The molecule has 1 rings (SSSR count). The number of hydroxylamine groups is 1. The van der Waals surface area contributed by atoms with Gasteiger partial charge in [0.25, 0.3) is 0 Å². The van der Waals surface area contributed by atoms with Gasteiger partial charge in [0.1, 0.15) is 0 Å². The first-order chi connectivity index (χ1) is 7.40. The molecule has 0 amide bonds. The Balaban J connectivity index is 3.28. The maximum atomic E-state index is 9.83. The molecule has 4 heteroatoms. The van der Waals surface area contributed by atoms with Crippen molar-refractivity contribution in [3.05, 3.63) is 23.3 Å². The Hall–Kier alpha value is -1.26. The van der Waals surface area contributed by atoms with E-state index >= 15 is 0 Å². The second kappa shape index (κ2) is 4.72. The zero-order chi connectivity index (χ0) is 12.3. The molecule has 4 nitrogen and oxygen atoms in total. The number of benzene rings is 1. The van der Waals surface area contributed by atoms with E-state index in [2.05, 4.69) is 26.3 Å². The van der Waals surface area contributed by atoms with Crippen LogP contribution in [0.15, 0.2) is 12.1 Å². The molecule has 0 saturated heterocycles. The number of methoxy groups -OCH3 is 1. The molecule has 0 spiro atoms. The zero-order valence-electron chi connectivity index (χ0n) is 10.2. The van der Waals surface area contributed by atoms with Gasteiger partial charge in [-0.15, -0.1) is 0 Å². The molecule has 0 fully saturated rings. The molecule has 0 unspecified atom stereocenters. The number of nitrogens with one attached hydrogen (secondary N) is 1. The summed E-state index contributed by atoms with van der Waals surface area (Å²) in [6.45, 7) is 6.42. The minimum atomic E-state index is -0.0616. The highest BCUT2D eigenvalue weighted by Crippen LogP contribution is 2.35. The van der Waals surface area contributed by atoms with E-state index in [0.717, 1.165) is 11.1 Å². The van der Waals surface area contributed by atoms with Crippen molar-refractivity contribution in [1.29, 1.82) is 0 Å². The molecule has 0 atom stereocenters. The van der Waals surface area contributed by atoms with E-state index in [1.807, 2.05) is 6.07 Å². The summed E-state index contributed by atoms with van der Waals surface area (Å²) >= 11 is 0. The second-order valence-corrected chi connectivity index (χ2v) is 4.77. The van der Waals surface area contributed by atoms with E-state index in [-0.39, 0.29) is 17.7 Å². The van der Waals surface area contributed by atoms with E-state index < -0.39 is 0 Å². The van der Waals surface area contributed by atoms with Crippen LogP contribution in [0.5, 0.6) is 11.5 Å². The molecule has 0 radical (unpaired) electrons.